The van der Waals surface area contributed by atoms with Crippen LogP contribution < -0.4 is 5.73 Å². The molecule has 0 amide bonds. The molecule has 0 aliphatic carbocycles. The van der Waals surface area contributed by atoms with Gasteiger partial charge in [-0.3, -0.25) is 0 Å². The van der Waals surface area contributed by atoms with E-state index in [1.54, 1.807) is 19.1 Å². The summed E-state index contributed by atoms with van der Waals surface area (Å²) in [5, 5.41) is 9.16. The highest BCUT2D eigenvalue weighted by molar-refractivity contribution is 7.91. The summed E-state index contributed by atoms with van der Waals surface area (Å²) in [5.74, 6) is 0. The van der Waals surface area contributed by atoms with Crippen LogP contribution in [0.15, 0.2) is 16.3 Å². The minimum absolute atomic E-state index is 0.0815. The second-order valence-electron chi connectivity index (χ2n) is 3.56. The summed E-state index contributed by atoms with van der Waals surface area (Å²) in [4.78, 5) is 0.823. The van der Waals surface area contributed by atoms with Crippen LogP contribution in [-0.2, 0) is 16.6 Å². The van der Waals surface area contributed by atoms with Crippen molar-refractivity contribution in [1.82, 2.24) is 4.31 Å². The van der Waals surface area contributed by atoms with Gasteiger partial charge in [0.2, 0.25) is 0 Å². The van der Waals surface area contributed by atoms with Gasteiger partial charge in [0, 0.05) is 25.0 Å². The van der Waals surface area contributed by atoms with Gasteiger partial charge in [-0.2, -0.15) is 4.31 Å². The van der Waals surface area contributed by atoms with Crippen LogP contribution in [0.5, 0.6) is 0 Å². The molecule has 1 aromatic rings. The number of aliphatic hydroxyl groups is 1. The van der Waals surface area contributed by atoms with Crippen LogP contribution in [0.25, 0.3) is 0 Å². The van der Waals surface area contributed by atoms with E-state index < -0.39 is 16.1 Å². The van der Waals surface area contributed by atoms with Gasteiger partial charge in [0.25, 0.3) is 10.0 Å². The molecule has 0 aliphatic rings. The van der Waals surface area contributed by atoms with Crippen LogP contribution in [0.2, 0.25) is 0 Å². The van der Waals surface area contributed by atoms with E-state index in [1.807, 2.05) is 0 Å². The standard InChI is InChI=1S/C9H16N2O3S2/c1-7(12)6-11(2)16(13,14)9-4-3-8(5-10)15-9/h3-4,7,12H,5-6,10H2,1-2H3. The third-order valence-electron chi connectivity index (χ3n) is 2.02. The Morgan fingerprint density at radius 1 is 1.56 bits per heavy atom. The zero-order valence-corrected chi connectivity index (χ0v) is 10.9. The highest BCUT2D eigenvalue weighted by Crippen LogP contribution is 2.23. The average molecular weight is 264 g/mol. The Bertz CT molecular complexity index is 439. The van der Waals surface area contributed by atoms with Crippen molar-refractivity contribution in [3.8, 4) is 0 Å². The highest BCUT2D eigenvalue weighted by atomic mass is 32.2. The summed E-state index contributed by atoms with van der Waals surface area (Å²) in [7, 11) is -2.04. The van der Waals surface area contributed by atoms with Crippen molar-refractivity contribution < 1.29 is 13.5 Å². The molecule has 0 bridgehead atoms. The van der Waals surface area contributed by atoms with E-state index in [-0.39, 0.29) is 10.8 Å². The summed E-state index contributed by atoms with van der Waals surface area (Å²) in [6.45, 7) is 1.96. The third-order valence-corrected chi connectivity index (χ3v) is 5.42. The number of rotatable bonds is 5. The molecule has 1 heterocycles. The molecule has 0 spiro atoms. The number of sulfonamides is 1. The molecule has 0 aliphatic heterocycles. The Hall–Kier alpha value is -0.470. The van der Waals surface area contributed by atoms with Crippen molar-refractivity contribution in [2.24, 2.45) is 5.73 Å². The van der Waals surface area contributed by atoms with E-state index in [2.05, 4.69) is 0 Å². The largest absolute Gasteiger partial charge is 0.392 e. The zero-order valence-electron chi connectivity index (χ0n) is 9.25. The molecule has 1 unspecified atom stereocenters. The molecular weight excluding hydrogens is 248 g/mol. The van der Waals surface area contributed by atoms with Crippen LogP contribution >= 0.6 is 11.3 Å². The first kappa shape index (κ1) is 13.6. The number of aliphatic hydroxyl groups excluding tert-OH is 1. The van der Waals surface area contributed by atoms with Gasteiger partial charge in [0.1, 0.15) is 4.21 Å². The molecule has 5 nitrogen and oxygen atoms in total. The third kappa shape index (κ3) is 3.02. The molecule has 1 atom stereocenters. The van der Waals surface area contributed by atoms with Crippen molar-refractivity contribution in [1.29, 1.82) is 0 Å². The van der Waals surface area contributed by atoms with Crippen LogP contribution in [0, 0.1) is 0 Å². The quantitative estimate of drug-likeness (QED) is 0.796. The lowest BCUT2D eigenvalue weighted by atomic mass is 10.4. The Balaban J connectivity index is 2.92. The number of nitrogens with zero attached hydrogens (tertiary/aromatic N) is 1. The van der Waals surface area contributed by atoms with Crippen LogP contribution in [0.3, 0.4) is 0 Å². The van der Waals surface area contributed by atoms with Gasteiger partial charge in [0.05, 0.1) is 6.10 Å². The predicted molar refractivity (Wildman–Crippen MR) is 63.7 cm³/mol. The van der Waals surface area contributed by atoms with E-state index in [1.165, 1.54) is 7.05 Å². The maximum Gasteiger partial charge on any atom is 0.252 e. The van der Waals surface area contributed by atoms with E-state index in [0.29, 0.717) is 6.54 Å². The molecule has 0 saturated carbocycles. The lowest BCUT2D eigenvalue weighted by Gasteiger charge is -2.17. The monoisotopic (exact) mass is 264 g/mol. The SMILES string of the molecule is CC(O)CN(C)S(=O)(=O)c1ccc(CN)s1. The normalized spacial score (nSPS) is 14.3. The molecule has 92 valence electrons. The van der Waals surface area contributed by atoms with E-state index in [0.717, 1.165) is 20.5 Å². The lowest BCUT2D eigenvalue weighted by molar-refractivity contribution is 0.171. The molecule has 7 heteroatoms. The van der Waals surface area contributed by atoms with Crippen molar-refractivity contribution in [2.45, 2.75) is 23.8 Å². The molecular formula is C9H16N2O3S2. The second-order valence-corrected chi connectivity index (χ2v) is 7.00. The summed E-state index contributed by atoms with van der Waals surface area (Å²) < 4.78 is 25.4. The van der Waals surface area contributed by atoms with Gasteiger partial charge in [-0.1, -0.05) is 0 Å². The van der Waals surface area contributed by atoms with E-state index in [4.69, 9.17) is 10.8 Å². The smallest absolute Gasteiger partial charge is 0.252 e. The van der Waals surface area contributed by atoms with Gasteiger partial charge in [-0.15, -0.1) is 11.3 Å². The first-order valence-electron chi connectivity index (χ1n) is 4.81. The molecule has 16 heavy (non-hydrogen) atoms. The maximum atomic E-state index is 12.0. The van der Waals surface area contributed by atoms with Gasteiger partial charge in [0.15, 0.2) is 0 Å². The Kier molecular flexibility index (Phi) is 4.45. The first-order chi connectivity index (χ1) is 7.37. The molecule has 1 rings (SSSR count). The van der Waals surface area contributed by atoms with Crippen molar-refractivity contribution >= 4 is 21.4 Å². The van der Waals surface area contributed by atoms with Gasteiger partial charge in [-0.05, 0) is 19.1 Å². The predicted octanol–water partition coefficient (Wildman–Crippen LogP) is 0.208. The fraction of sp³-hybridized carbons (Fsp3) is 0.556. The Labute approximate surface area is 99.6 Å². The van der Waals surface area contributed by atoms with Crippen molar-refractivity contribution in [3.05, 3.63) is 17.0 Å². The summed E-state index contributed by atoms with van der Waals surface area (Å²) in [5.41, 5.74) is 5.43. The minimum Gasteiger partial charge on any atom is -0.392 e. The van der Waals surface area contributed by atoms with Crippen LogP contribution in [0.4, 0.5) is 0 Å². The number of likely N-dealkylation sites (N-methyl/N-ethyl adjacent to an activating group) is 1. The number of hydrogen-bond donors (Lipinski definition) is 2. The highest BCUT2D eigenvalue weighted by Gasteiger charge is 2.23. The fourth-order valence-electron chi connectivity index (χ4n) is 1.23. The van der Waals surface area contributed by atoms with E-state index in [9.17, 15) is 8.42 Å². The molecule has 3 N–H and O–H groups in total. The Morgan fingerprint density at radius 3 is 2.62 bits per heavy atom. The molecule has 0 radical (unpaired) electrons. The van der Waals surface area contributed by atoms with Crippen LogP contribution in [0.1, 0.15) is 11.8 Å². The summed E-state index contributed by atoms with van der Waals surface area (Å²) in [6, 6.07) is 3.24. The summed E-state index contributed by atoms with van der Waals surface area (Å²) in [6.07, 6.45) is -0.686. The molecule has 0 fully saturated rings. The number of nitrogens with two attached hydrogens (primary N) is 1. The van der Waals surface area contributed by atoms with Gasteiger partial charge in [-0.25, -0.2) is 8.42 Å². The lowest BCUT2D eigenvalue weighted by Crippen LogP contribution is -2.32. The van der Waals surface area contributed by atoms with Gasteiger partial charge < -0.3 is 10.8 Å². The first-order valence-corrected chi connectivity index (χ1v) is 7.06. The number of thiophene rings is 1. The second kappa shape index (κ2) is 5.24. The van der Waals surface area contributed by atoms with Gasteiger partial charge >= 0.3 is 0 Å². The van der Waals surface area contributed by atoms with Crippen LogP contribution in [-0.4, -0.2) is 37.5 Å². The zero-order chi connectivity index (χ0) is 12.3. The van der Waals surface area contributed by atoms with Crippen molar-refractivity contribution in [3.63, 3.8) is 0 Å². The summed E-state index contributed by atoms with van der Waals surface area (Å²) >= 11 is 1.16. The Morgan fingerprint density at radius 2 is 2.19 bits per heavy atom. The van der Waals surface area contributed by atoms with E-state index >= 15 is 0 Å². The van der Waals surface area contributed by atoms with Crippen molar-refractivity contribution in [2.75, 3.05) is 13.6 Å². The molecule has 1 aromatic heterocycles. The topological polar surface area (TPSA) is 83.6 Å². The molecule has 0 saturated heterocycles. The average Bonchev–Trinajstić information content (AvgIpc) is 2.65. The minimum atomic E-state index is -3.49. The molecule has 0 aromatic carbocycles. The fourth-order valence-corrected chi connectivity index (χ4v) is 3.93. The maximum absolute atomic E-state index is 12.0. The number of hydrogen-bond acceptors (Lipinski definition) is 5.